The van der Waals surface area contributed by atoms with Crippen LogP contribution in [0.1, 0.15) is 21.7 Å². The Balaban J connectivity index is 1.94. The van der Waals surface area contributed by atoms with E-state index in [2.05, 4.69) is 20.3 Å². The summed E-state index contributed by atoms with van der Waals surface area (Å²) in [6, 6.07) is 10.4. The normalized spacial score (nSPS) is 10.5. The number of anilines is 1. The highest BCUT2D eigenvalue weighted by Gasteiger charge is 2.12. The minimum atomic E-state index is -0.374. The number of carbonyl (C=O) groups excluding carboxylic acids is 1. The van der Waals surface area contributed by atoms with Crippen LogP contribution in [0.4, 0.5) is 5.69 Å². The van der Waals surface area contributed by atoms with Crippen molar-refractivity contribution in [3.05, 3.63) is 69.9 Å². The predicted octanol–water partition coefficient (Wildman–Crippen LogP) is 2.63. The van der Waals surface area contributed by atoms with Crippen molar-refractivity contribution in [2.45, 2.75) is 13.8 Å². The van der Waals surface area contributed by atoms with Crippen molar-refractivity contribution in [2.75, 3.05) is 5.32 Å². The number of imidazole rings is 1. The molecule has 116 valence electrons. The van der Waals surface area contributed by atoms with E-state index in [9.17, 15) is 9.59 Å². The van der Waals surface area contributed by atoms with Crippen LogP contribution < -0.4 is 10.9 Å². The van der Waals surface area contributed by atoms with E-state index >= 15 is 0 Å². The number of pyridine rings is 1. The molecular formula is C17H16N4O2. The van der Waals surface area contributed by atoms with Crippen LogP contribution in [0, 0.1) is 13.8 Å². The van der Waals surface area contributed by atoms with Gasteiger partial charge in [-0.2, -0.15) is 0 Å². The second kappa shape index (κ2) is 5.92. The largest absolute Gasteiger partial charge is 0.342 e. The molecule has 2 aromatic heterocycles. The van der Waals surface area contributed by atoms with Crippen molar-refractivity contribution in [2.24, 2.45) is 0 Å². The topological polar surface area (TPSA) is 90.6 Å². The van der Waals surface area contributed by atoms with Gasteiger partial charge in [-0.1, -0.05) is 12.1 Å². The van der Waals surface area contributed by atoms with Crippen LogP contribution in [0.2, 0.25) is 0 Å². The van der Waals surface area contributed by atoms with Crippen molar-refractivity contribution in [1.82, 2.24) is 15.0 Å². The number of nitrogens with one attached hydrogen (secondary N) is 3. The van der Waals surface area contributed by atoms with Crippen LogP contribution >= 0.6 is 0 Å². The summed E-state index contributed by atoms with van der Waals surface area (Å²) in [5.74, 6) is 0.303. The molecule has 0 atom stereocenters. The molecule has 0 aliphatic heterocycles. The van der Waals surface area contributed by atoms with E-state index in [1.54, 1.807) is 25.3 Å². The van der Waals surface area contributed by atoms with E-state index in [4.69, 9.17) is 0 Å². The van der Waals surface area contributed by atoms with E-state index in [-0.39, 0.29) is 17.2 Å². The molecule has 0 saturated carbocycles. The van der Waals surface area contributed by atoms with Gasteiger partial charge in [0, 0.05) is 23.5 Å². The number of rotatable bonds is 3. The summed E-state index contributed by atoms with van der Waals surface area (Å²) >= 11 is 0. The summed E-state index contributed by atoms with van der Waals surface area (Å²) in [5, 5.41) is 2.82. The lowest BCUT2D eigenvalue weighted by Gasteiger charge is -2.09. The zero-order valence-electron chi connectivity index (χ0n) is 12.8. The lowest BCUT2D eigenvalue weighted by molar-refractivity contribution is 0.102. The van der Waals surface area contributed by atoms with Gasteiger partial charge in [0.15, 0.2) is 0 Å². The Kier molecular flexibility index (Phi) is 3.80. The van der Waals surface area contributed by atoms with E-state index in [1.165, 1.54) is 6.07 Å². The first kappa shape index (κ1) is 14.8. The molecule has 3 aromatic rings. The molecule has 0 unspecified atom stereocenters. The molecule has 3 rings (SSSR count). The van der Waals surface area contributed by atoms with Gasteiger partial charge in [0.05, 0.1) is 5.69 Å². The zero-order valence-corrected chi connectivity index (χ0v) is 12.8. The van der Waals surface area contributed by atoms with Crippen LogP contribution in [0.15, 0.2) is 47.4 Å². The summed E-state index contributed by atoms with van der Waals surface area (Å²) in [6.45, 7) is 3.68. The molecule has 1 amide bonds. The van der Waals surface area contributed by atoms with Crippen molar-refractivity contribution >= 4 is 11.6 Å². The van der Waals surface area contributed by atoms with Gasteiger partial charge in [0.25, 0.3) is 5.91 Å². The monoisotopic (exact) mass is 308 g/mol. The Labute approximate surface area is 132 Å². The number of aryl methyl sites for hydroxylation is 2. The Morgan fingerprint density at radius 2 is 1.91 bits per heavy atom. The van der Waals surface area contributed by atoms with Crippen LogP contribution in [0.3, 0.4) is 0 Å². The Hall–Kier alpha value is -3.15. The molecule has 0 aliphatic rings. The maximum atomic E-state index is 12.4. The maximum Gasteiger partial charge on any atom is 0.272 e. The number of hydrogen-bond donors (Lipinski definition) is 3. The fourth-order valence-corrected chi connectivity index (χ4v) is 2.34. The van der Waals surface area contributed by atoms with Crippen molar-refractivity contribution in [1.29, 1.82) is 0 Å². The average molecular weight is 308 g/mol. The summed E-state index contributed by atoms with van der Waals surface area (Å²) in [4.78, 5) is 33.9. The molecule has 0 bridgehead atoms. The Morgan fingerprint density at radius 3 is 2.61 bits per heavy atom. The standard InChI is InChI=1S/C17H16N4O2/c1-10-7-14(20-15(22)8-10)17(23)21-13-6-4-3-5-12(13)16-18-9-11(2)19-16/h3-9H,1-2H3,(H,18,19)(H,20,22)(H,21,23). The van der Waals surface area contributed by atoms with Crippen molar-refractivity contribution < 1.29 is 4.79 Å². The molecular weight excluding hydrogens is 292 g/mol. The Bertz CT molecular complexity index is 924. The number of para-hydroxylation sites is 1. The number of aromatic nitrogens is 3. The van der Waals surface area contributed by atoms with Gasteiger partial charge in [-0.05, 0) is 37.6 Å². The maximum absolute atomic E-state index is 12.4. The number of amides is 1. The fourth-order valence-electron chi connectivity index (χ4n) is 2.34. The quantitative estimate of drug-likeness (QED) is 0.694. The average Bonchev–Trinajstić information content (AvgIpc) is 2.93. The number of carbonyl (C=O) groups is 1. The number of H-pyrrole nitrogens is 2. The van der Waals surface area contributed by atoms with Gasteiger partial charge in [-0.15, -0.1) is 0 Å². The molecule has 3 N–H and O–H groups in total. The summed E-state index contributed by atoms with van der Waals surface area (Å²) < 4.78 is 0. The Morgan fingerprint density at radius 1 is 1.13 bits per heavy atom. The molecule has 2 heterocycles. The molecule has 23 heavy (non-hydrogen) atoms. The lowest BCUT2D eigenvalue weighted by atomic mass is 10.1. The number of hydrogen-bond acceptors (Lipinski definition) is 3. The minimum absolute atomic E-state index is 0.223. The first-order valence-corrected chi connectivity index (χ1v) is 7.16. The molecule has 6 heteroatoms. The number of aromatic amines is 2. The smallest absolute Gasteiger partial charge is 0.272 e. The lowest BCUT2D eigenvalue weighted by Crippen LogP contribution is -2.19. The van der Waals surface area contributed by atoms with E-state index < -0.39 is 0 Å². The van der Waals surface area contributed by atoms with E-state index in [0.29, 0.717) is 11.5 Å². The van der Waals surface area contributed by atoms with Crippen LogP contribution in [0.25, 0.3) is 11.4 Å². The molecule has 0 radical (unpaired) electrons. The highest BCUT2D eigenvalue weighted by Crippen LogP contribution is 2.25. The second-order valence-electron chi connectivity index (χ2n) is 5.35. The predicted molar refractivity (Wildman–Crippen MR) is 88.5 cm³/mol. The van der Waals surface area contributed by atoms with Gasteiger partial charge in [-0.3, -0.25) is 9.59 Å². The third-order valence-corrected chi connectivity index (χ3v) is 3.37. The first-order chi connectivity index (χ1) is 11.0. The SMILES string of the molecule is Cc1cc(C(=O)Nc2ccccc2-c2ncc(C)[nH]2)[nH]c(=O)c1. The highest BCUT2D eigenvalue weighted by atomic mass is 16.2. The summed E-state index contributed by atoms with van der Waals surface area (Å²) in [5.41, 5.74) is 2.99. The van der Waals surface area contributed by atoms with Crippen LogP contribution in [-0.2, 0) is 0 Å². The van der Waals surface area contributed by atoms with Gasteiger partial charge in [-0.25, -0.2) is 4.98 Å². The molecule has 0 fully saturated rings. The van der Waals surface area contributed by atoms with Crippen LogP contribution in [0.5, 0.6) is 0 Å². The van der Waals surface area contributed by atoms with Gasteiger partial charge >= 0.3 is 0 Å². The summed E-state index contributed by atoms with van der Waals surface area (Å²) in [7, 11) is 0. The van der Waals surface area contributed by atoms with Gasteiger partial charge in [0.1, 0.15) is 11.5 Å². The van der Waals surface area contributed by atoms with Crippen molar-refractivity contribution in [3.63, 3.8) is 0 Å². The number of nitrogens with zero attached hydrogens (tertiary/aromatic N) is 1. The summed E-state index contributed by atoms with van der Waals surface area (Å²) in [6.07, 6.45) is 1.73. The molecule has 1 aromatic carbocycles. The third kappa shape index (κ3) is 3.21. The zero-order chi connectivity index (χ0) is 16.4. The first-order valence-electron chi connectivity index (χ1n) is 7.16. The second-order valence-corrected chi connectivity index (χ2v) is 5.35. The van der Waals surface area contributed by atoms with E-state index in [1.807, 2.05) is 25.1 Å². The third-order valence-electron chi connectivity index (χ3n) is 3.37. The minimum Gasteiger partial charge on any atom is -0.342 e. The van der Waals surface area contributed by atoms with Gasteiger partial charge in [0.2, 0.25) is 5.56 Å². The van der Waals surface area contributed by atoms with E-state index in [0.717, 1.165) is 16.8 Å². The molecule has 6 nitrogen and oxygen atoms in total. The van der Waals surface area contributed by atoms with Crippen LogP contribution in [-0.4, -0.2) is 20.9 Å². The number of benzene rings is 1. The van der Waals surface area contributed by atoms with Gasteiger partial charge < -0.3 is 15.3 Å². The molecule has 0 saturated heterocycles. The fraction of sp³-hybridized carbons (Fsp3) is 0.118. The van der Waals surface area contributed by atoms with Crippen molar-refractivity contribution in [3.8, 4) is 11.4 Å². The highest BCUT2D eigenvalue weighted by molar-refractivity contribution is 6.04. The molecule has 0 aliphatic carbocycles. The molecule has 0 spiro atoms.